The van der Waals surface area contributed by atoms with Crippen molar-refractivity contribution in [3.05, 3.63) is 0 Å². The zero-order valence-electron chi connectivity index (χ0n) is 11.7. The standard InChI is InChI=1S/C15H29N3/c16-7-3-13-4-9-18(10-5-13)15-6-11-17-8-1-2-14(17)12-15/h13-15H,1-12,16H2. The summed E-state index contributed by atoms with van der Waals surface area (Å²) < 4.78 is 0. The number of likely N-dealkylation sites (tertiary alicyclic amines) is 1. The van der Waals surface area contributed by atoms with Crippen molar-refractivity contribution in [2.45, 2.75) is 57.0 Å². The van der Waals surface area contributed by atoms with Gasteiger partial charge < -0.3 is 15.5 Å². The van der Waals surface area contributed by atoms with Crippen LogP contribution < -0.4 is 5.73 Å². The molecule has 0 aromatic heterocycles. The lowest BCUT2D eigenvalue weighted by Gasteiger charge is -2.43. The highest BCUT2D eigenvalue weighted by molar-refractivity contribution is 4.91. The molecule has 3 fully saturated rings. The Bertz CT molecular complexity index is 260. The first-order valence-electron chi connectivity index (χ1n) is 8.05. The molecule has 3 nitrogen and oxygen atoms in total. The lowest BCUT2D eigenvalue weighted by Crippen LogP contribution is -2.49. The van der Waals surface area contributed by atoms with E-state index in [0.29, 0.717) is 0 Å². The molecule has 0 bridgehead atoms. The van der Waals surface area contributed by atoms with Crippen molar-refractivity contribution in [2.24, 2.45) is 11.7 Å². The average Bonchev–Trinajstić information content (AvgIpc) is 2.87. The van der Waals surface area contributed by atoms with Crippen molar-refractivity contribution in [1.29, 1.82) is 0 Å². The molecule has 3 heteroatoms. The van der Waals surface area contributed by atoms with Gasteiger partial charge in [0.2, 0.25) is 0 Å². The molecular formula is C15H29N3. The van der Waals surface area contributed by atoms with Crippen LogP contribution in [0, 0.1) is 5.92 Å². The van der Waals surface area contributed by atoms with Crippen LogP contribution in [-0.4, -0.2) is 54.6 Å². The molecule has 0 amide bonds. The summed E-state index contributed by atoms with van der Waals surface area (Å²) in [4.78, 5) is 5.53. The van der Waals surface area contributed by atoms with Crippen LogP contribution >= 0.6 is 0 Å². The summed E-state index contributed by atoms with van der Waals surface area (Å²) in [5.41, 5.74) is 5.68. The van der Waals surface area contributed by atoms with E-state index in [-0.39, 0.29) is 0 Å². The van der Waals surface area contributed by atoms with E-state index in [2.05, 4.69) is 9.80 Å². The lowest BCUT2D eigenvalue weighted by molar-refractivity contribution is 0.0615. The van der Waals surface area contributed by atoms with E-state index in [1.165, 1.54) is 71.1 Å². The van der Waals surface area contributed by atoms with Gasteiger partial charge in [-0.1, -0.05) is 0 Å². The molecule has 3 heterocycles. The first-order chi connectivity index (χ1) is 8.86. The van der Waals surface area contributed by atoms with Crippen LogP contribution in [0.5, 0.6) is 0 Å². The van der Waals surface area contributed by atoms with E-state index in [9.17, 15) is 0 Å². The number of hydrogen-bond acceptors (Lipinski definition) is 3. The number of rotatable bonds is 3. The second kappa shape index (κ2) is 5.89. The molecule has 3 aliphatic heterocycles. The summed E-state index contributed by atoms with van der Waals surface area (Å²) in [5, 5.41) is 0. The van der Waals surface area contributed by atoms with Gasteiger partial charge in [0.15, 0.2) is 0 Å². The second-order valence-corrected chi connectivity index (χ2v) is 6.57. The van der Waals surface area contributed by atoms with Gasteiger partial charge >= 0.3 is 0 Å². The summed E-state index contributed by atoms with van der Waals surface area (Å²) in [6.45, 7) is 6.28. The zero-order valence-corrected chi connectivity index (χ0v) is 11.7. The van der Waals surface area contributed by atoms with Crippen LogP contribution in [0.15, 0.2) is 0 Å². The predicted molar refractivity (Wildman–Crippen MR) is 75.6 cm³/mol. The molecule has 0 radical (unpaired) electrons. The van der Waals surface area contributed by atoms with E-state index in [0.717, 1.165) is 24.5 Å². The minimum Gasteiger partial charge on any atom is -0.330 e. The Labute approximate surface area is 112 Å². The quantitative estimate of drug-likeness (QED) is 0.828. The minimum atomic E-state index is 0.880. The van der Waals surface area contributed by atoms with Crippen molar-refractivity contribution in [2.75, 3.05) is 32.7 Å². The first-order valence-corrected chi connectivity index (χ1v) is 8.05. The normalized spacial score (nSPS) is 35.8. The van der Waals surface area contributed by atoms with Crippen molar-refractivity contribution in [3.63, 3.8) is 0 Å². The summed E-state index contributed by atoms with van der Waals surface area (Å²) in [6, 6.07) is 1.81. The van der Waals surface area contributed by atoms with Gasteiger partial charge in [-0.15, -0.1) is 0 Å². The van der Waals surface area contributed by atoms with Gasteiger partial charge in [0.1, 0.15) is 0 Å². The highest BCUT2D eigenvalue weighted by Gasteiger charge is 2.35. The smallest absolute Gasteiger partial charge is 0.0122 e. The third kappa shape index (κ3) is 2.73. The third-order valence-electron chi connectivity index (χ3n) is 5.53. The van der Waals surface area contributed by atoms with E-state index in [4.69, 9.17) is 5.73 Å². The molecule has 0 aliphatic carbocycles. The lowest BCUT2D eigenvalue weighted by atomic mass is 9.90. The molecule has 2 unspecified atom stereocenters. The highest BCUT2D eigenvalue weighted by atomic mass is 15.2. The summed E-state index contributed by atoms with van der Waals surface area (Å²) in [6.07, 6.45) is 9.79. The largest absolute Gasteiger partial charge is 0.330 e. The number of hydrogen-bond donors (Lipinski definition) is 1. The number of nitrogens with zero attached hydrogens (tertiary/aromatic N) is 2. The molecule has 2 atom stereocenters. The minimum absolute atomic E-state index is 0.880. The van der Waals surface area contributed by atoms with Crippen LogP contribution in [-0.2, 0) is 0 Å². The molecule has 2 N–H and O–H groups in total. The van der Waals surface area contributed by atoms with E-state index >= 15 is 0 Å². The fraction of sp³-hybridized carbons (Fsp3) is 1.00. The van der Waals surface area contributed by atoms with E-state index < -0.39 is 0 Å². The maximum absolute atomic E-state index is 5.68. The van der Waals surface area contributed by atoms with Crippen LogP contribution in [0.25, 0.3) is 0 Å². The maximum Gasteiger partial charge on any atom is 0.0122 e. The van der Waals surface area contributed by atoms with Crippen LogP contribution in [0.4, 0.5) is 0 Å². The number of nitrogens with two attached hydrogens (primary N) is 1. The van der Waals surface area contributed by atoms with Gasteiger partial charge in [0, 0.05) is 12.1 Å². The molecule has 0 aromatic carbocycles. The van der Waals surface area contributed by atoms with Crippen molar-refractivity contribution in [1.82, 2.24) is 9.80 Å². The molecule has 104 valence electrons. The van der Waals surface area contributed by atoms with Crippen LogP contribution in [0.1, 0.15) is 44.9 Å². The van der Waals surface area contributed by atoms with E-state index in [1.54, 1.807) is 0 Å². The topological polar surface area (TPSA) is 32.5 Å². The highest BCUT2D eigenvalue weighted by Crippen LogP contribution is 2.31. The Hall–Kier alpha value is -0.120. The Morgan fingerprint density at radius 2 is 1.50 bits per heavy atom. The fourth-order valence-corrected chi connectivity index (χ4v) is 4.38. The van der Waals surface area contributed by atoms with Crippen molar-refractivity contribution >= 4 is 0 Å². The Morgan fingerprint density at radius 1 is 0.833 bits per heavy atom. The molecule has 0 aromatic rings. The van der Waals surface area contributed by atoms with Crippen molar-refractivity contribution < 1.29 is 0 Å². The van der Waals surface area contributed by atoms with Gasteiger partial charge in [0.25, 0.3) is 0 Å². The van der Waals surface area contributed by atoms with Gasteiger partial charge in [0.05, 0.1) is 0 Å². The van der Waals surface area contributed by atoms with Gasteiger partial charge in [-0.2, -0.15) is 0 Å². The van der Waals surface area contributed by atoms with Crippen molar-refractivity contribution in [3.8, 4) is 0 Å². The Morgan fingerprint density at radius 3 is 2.28 bits per heavy atom. The Balaban J connectivity index is 1.48. The summed E-state index contributed by atoms with van der Waals surface area (Å²) in [7, 11) is 0. The zero-order chi connectivity index (χ0) is 12.4. The molecule has 0 saturated carbocycles. The Kier molecular flexibility index (Phi) is 4.22. The summed E-state index contributed by atoms with van der Waals surface area (Å²) >= 11 is 0. The number of fused-ring (bicyclic) bond motifs is 1. The first kappa shape index (κ1) is 12.9. The molecule has 0 spiro atoms. The molecule has 18 heavy (non-hydrogen) atoms. The molecule has 3 rings (SSSR count). The van der Waals surface area contributed by atoms with Gasteiger partial charge in [-0.05, 0) is 83.6 Å². The molecular weight excluding hydrogens is 222 g/mol. The number of piperidine rings is 2. The SMILES string of the molecule is NCCC1CCN(C2CCN3CCCC3C2)CC1. The second-order valence-electron chi connectivity index (χ2n) is 6.57. The molecule has 3 saturated heterocycles. The third-order valence-corrected chi connectivity index (χ3v) is 5.53. The molecule has 3 aliphatic rings. The average molecular weight is 251 g/mol. The fourth-order valence-electron chi connectivity index (χ4n) is 4.38. The van der Waals surface area contributed by atoms with Gasteiger partial charge in [-0.3, -0.25) is 0 Å². The van der Waals surface area contributed by atoms with Crippen LogP contribution in [0.3, 0.4) is 0 Å². The monoisotopic (exact) mass is 251 g/mol. The van der Waals surface area contributed by atoms with Gasteiger partial charge in [-0.25, -0.2) is 0 Å². The summed E-state index contributed by atoms with van der Waals surface area (Å²) in [5.74, 6) is 0.915. The predicted octanol–water partition coefficient (Wildman–Crippen LogP) is 1.67. The van der Waals surface area contributed by atoms with E-state index in [1.807, 2.05) is 0 Å². The maximum atomic E-state index is 5.68. The van der Waals surface area contributed by atoms with Crippen LogP contribution in [0.2, 0.25) is 0 Å².